The molecule has 5 nitrogen and oxygen atoms in total. The lowest BCUT2D eigenvalue weighted by atomic mass is 10.1. The van der Waals surface area contributed by atoms with E-state index in [1.165, 1.54) is 0 Å². The predicted octanol–water partition coefficient (Wildman–Crippen LogP) is 3.00. The third-order valence-corrected chi connectivity index (χ3v) is 2.97. The molecule has 100 valence electrons. The van der Waals surface area contributed by atoms with Crippen LogP contribution in [0.5, 0.6) is 5.75 Å². The lowest BCUT2D eigenvalue weighted by Crippen LogP contribution is -1.91. The molecule has 3 N–H and O–H groups in total. The number of anilines is 1. The number of nitrogens with two attached hydrogens (primary N) is 1. The first-order chi connectivity index (χ1) is 9.63. The van der Waals surface area contributed by atoms with Gasteiger partial charge in [0.25, 0.3) is 5.89 Å². The summed E-state index contributed by atoms with van der Waals surface area (Å²) in [7, 11) is 0. The van der Waals surface area contributed by atoms with E-state index >= 15 is 0 Å². The summed E-state index contributed by atoms with van der Waals surface area (Å²) in [5.74, 6) is 0.935. The van der Waals surface area contributed by atoms with E-state index in [0.29, 0.717) is 28.5 Å². The first-order valence-electron chi connectivity index (χ1n) is 6.13. The average Bonchev–Trinajstić information content (AvgIpc) is 2.91. The molecular formula is C15H13N3O2. The molecule has 0 saturated carbocycles. The molecule has 3 aromatic rings. The van der Waals surface area contributed by atoms with Crippen LogP contribution in [0.2, 0.25) is 0 Å². The number of nitrogens with zero attached hydrogens (tertiary/aromatic N) is 2. The molecule has 0 aliphatic heterocycles. The van der Waals surface area contributed by atoms with Gasteiger partial charge in [-0.25, -0.2) is 0 Å². The molecule has 0 atom stereocenters. The molecule has 2 aromatic carbocycles. The van der Waals surface area contributed by atoms with Crippen molar-refractivity contribution >= 4 is 5.69 Å². The molecule has 0 radical (unpaired) electrons. The fraction of sp³-hybridized carbons (Fsp3) is 0.0667. The standard InChI is InChI=1S/C15H13N3O2/c1-9-5-6-13(16)12(7-9)15-17-14(18-20-15)10-3-2-4-11(19)8-10/h2-8,19H,16H2,1H3. The number of phenolic OH excluding ortho intramolecular Hbond substituents is 1. The second kappa shape index (κ2) is 4.70. The van der Waals surface area contributed by atoms with Gasteiger partial charge in [0.2, 0.25) is 5.82 Å². The second-order valence-electron chi connectivity index (χ2n) is 4.56. The quantitative estimate of drug-likeness (QED) is 0.697. The highest BCUT2D eigenvalue weighted by Crippen LogP contribution is 2.28. The molecule has 0 fully saturated rings. The van der Waals surface area contributed by atoms with Crippen LogP contribution in [-0.2, 0) is 0 Å². The molecule has 0 aliphatic carbocycles. The highest BCUT2D eigenvalue weighted by atomic mass is 16.5. The third-order valence-electron chi connectivity index (χ3n) is 2.97. The lowest BCUT2D eigenvalue weighted by Gasteiger charge is -2.01. The van der Waals surface area contributed by atoms with E-state index in [4.69, 9.17) is 10.3 Å². The molecule has 0 bridgehead atoms. The van der Waals surface area contributed by atoms with Crippen LogP contribution >= 0.6 is 0 Å². The molecular weight excluding hydrogens is 254 g/mol. The van der Waals surface area contributed by atoms with Gasteiger partial charge in [-0.1, -0.05) is 28.9 Å². The van der Waals surface area contributed by atoms with Crippen molar-refractivity contribution in [2.24, 2.45) is 0 Å². The minimum absolute atomic E-state index is 0.156. The van der Waals surface area contributed by atoms with Gasteiger partial charge in [-0.2, -0.15) is 4.98 Å². The van der Waals surface area contributed by atoms with Gasteiger partial charge < -0.3 is 15.4 Å². The Kier molecular flexibility index (Phi) is 2.87. The largest absolute Gasteiger partial charge is 0.508 e. The Morgan fingerprint density at radius 2 is 2.00 bits per heavy atom. The molecule has 1 heterocycles. The second-order valence-corrected chi connectivity index (χ2v) is 4.56. The lowest BCUT2D eigenvalue weighted by molar-refractivity contribution is 0.432. The van der Waals surface area contributed by atoms with Crippen molar-refractivity contribution < 1.29 is 9.63 Å². The van der Waals surface area contributed by atoms with Crippen LogP contribution in [0.15, 0.2) is 47.0 Å². The van der Waals surface area contributed by atoms with Gasteiger partial charge in [0, 0.05) is 11.3 Å². The number of aromatic nitrogens is 2. The van der Waals surface area contributed by atoms with E-state index in [-0.39, 0.29) is 5.75 Å². The zero-order valence-electron chi connectivity index (χ0n) is 10.9. The summed E-state index contributed by atoms with van der Waals surface area (Å²) in [6.07, 6.45) is 0. The SMILES string of the molecule is Cc1ccc(N)c(-c2nc(-c3cccc(O)c3)no2)c1. The monoisotopic (exact) mass is 267 g/mol. The van der Waals surface area contributed by atoms with E-state index in [1.54, 1.807) is 24.3 Å². The Morgan fingerprint density at radius 1 is 1.15 bits per heavy atom. The van der Waals surface area contributed by atoms with Crippen molar-refractivity contribution in [1.29, 1.82) is 0 Å². The highest BCUT2D eigenvalue weighted by Gasteiger charge is 2.13. The van der Waals surface area contributed by atoms with Crippen molar-refractivity contribution in [3.8, 4) is 28.6 Å². The van der Waals surface area contributed by atoms with Crippen molar-refractivity contribution in [2.75, 3.05) is 5.73 Å². The minimum Gasteiger partial charge on any atom is -0.508 e. The van der Waals surface area contributed by atoms with Crippen molar-refractivity contribution in [2.45, 2.75) is 6.92 Å². The third kappa shape index (κ3) is 2.21. The summed E-state index contributed by atoms with van der Waals surface area (Å²) >= 11 is 0. The predicted molar refractivity (Wildman–Crippen MR) is 76.0 cm³/mol. The van der Waals surface area contributed by atoms with E-state index < -0.39 is 0 Å². The summed E-state index contributed by atoms with van der Waals surface area (Å²) in [6, 6.07) is 12.3. The molecule has 3 rings (SSSR count). The van der Waals surface area contributed by atoms with Gasteiger partial charge in [0.15, 0.2) is 0 Å². The Balaban J connectivity index is 2.04. The van der Waals surface area contributed by atoms with E-state index in [9.17, 15) is 5.11 Å². The van der Waals surface area contributed by atoms with Gasteiger partial charge in [-0.3, -0.25) is 0 Å². The maximum absolute atomic E-state index is 9.47. The maximum atomic E-state index is 9.47. The van der Waals surface area contributed by atoms with Gasteiger partial charge in [0.05, 0.1) is 5.56 Å². The molecule has 5 heteroatoms. The Labute approximate surface area is 115 Å². The number of aryl methyl sites for hydroxylation is 1. The van der Waals surface area contributed by atoms with Crippen LogP contribution in [0.3, 0.4) is 0 Å². The molecule has 0 amide bonds. The molecule has 0 saturated heterocycles. The number of benzene rings is 2. The first kappa shape index (κ1) is 12.2. The Morgan fingerprint density at radius 3 is 2.80 bits per heavy atom. The number of rotatable bonds is 2. The van der Waals surface area contributed by atoms with Crippen molar-refractivity contribution in [1.82, 2.24) is 10.1 Å². The van der Waals surface area contributed by atoms with Crippen LogP contribution in [0.25, 0.3) is 22.8 Å². The summed E-state index contributed by atoms with van der Waals surface area (Å²) in [5.41, 5.74) is 8.97. The number of nitrogen functional groups attached to an aromatic ring is 1. The summed E-state index contributed by atoms with van der Waals surface area (Å²) in [5, 5.41) is 13.4. The fourth-order valence-corrected chi connectivity index (χ4v) is 1.95. The summed E-state index contributed by atoms with van der Waals surface area (Å²) in [4.78, 5) is 4.32. The molecule has 0 unspecified atom stereocenters. The smallest absolute Gasteiger partial charge is 0.260 e. The average molecular weight is 267 g/mol. The highest BCUT2D eigenvalue weighted by molar-refractivity contribution is 5.72. The molecule has 0 aliphatic rings. The minimum atomic E-state index is 0.156. The van der Waals surface area contributed by atoms with Crippen LogP contribution in [-0.4, -0.2) is 15.2 Å². The number of aromatic hydroxyl groups is 1. The van der Waals surface area contributed by atoms with Gasteiger partial charge >= 0.3 is 0 Å². The van der Waals surface area contributed by atoms with E-state index in [0.717, 1.165) is 5.56 Å². The molecule has 0 spiro atoms. The Hall–Kier alpha value is -2.82. The van der Waals surface area contributed by atoms with Crippen molar-refractivity contribution in [3.05, 3.63) is 48.0 Å². The zero-order valence-corrected chi connectivity index (χ0v) is 10.9. The number of hydrogen-bond donors (Lipinski definition) is 2. The van der Waals surface area contributed by atoms with Crippen molar-refractivity contribution in [3.63, 3.8) is 0 Å². The normalized spacial score (nSPS) is 10.7. The van der Waals surface area contributed by atoms with E-state index in [1.807, 2.05) is 25.1 Å². The fourth-order valence-electron chi connectivity index (χ4n) is 1.95. The molecule has 20 heavy (non-hydrogen) atoms. The summed E-state index contributed by atoms with van der Waals surface area (Å²) < 4.78 is 5.26. The molecule has 1 aromatic heterocycles. The van der Waals surface area contributed by atoms with Gasteiger partial charge in [0.1, 0.15) is 5.75 Å². The topological polar surface area (TPSA) is 85.2 Å². The Bertz CT molecular complexity index is 765. The van der Waals surface area contributed by atoms with E-state index in [2.05, 4.69) is 10.1 Å². The van der Waals surface area contributed by atoms with Crippen LogP contribution < -0.4 is 5.73 Å². The van der Waals surface area contributed by atoms with Crippen LogP contribution in [0, 0.1) is 6.92 Å². The van der Waals surface area contributed by atoms with Crippen LogP contribution in [0.1, 0.15) is 5.56 Å². The van der Waals surface area contributed by atoms with Gasteiger partial charge in [-0.05, 0) is 31.2 Å². The number of hydrogen-bond acceptors (Lipinski definition) is 5. The maximum Gasteiger partial charge on any atom is 0.260 e. The van der Waals surface area contributed by atoms with Gasteiger partial charge in [-0.15, -0.1) is 0 Å². The zero-order chi connectivity index (χ0) is 14.1. The first-order valence-corrected chi connectivity index (χ1v) is 6.13. The summed E-state index contributed by atoms with van der Waals surface area (Å²) in [6.45, 7) is 1.97. The number of phenols is 1. The van der Waals surface area contributed by atoms with Crippen LogP contribution in [0.4, 0.5) is 5.69 Å².